The molecule has 0 spiro atoms. The quantitative estimate of drug-likeness (QED) is 0.779. The first-order valence-corrected chi connectivity index (χ1v) is 15.8. The zero-order valence-corrected chi connectivity index (χ0v) is 12.5. The molecule has 1 aliphatic heterocycles. The average molecular weight is 319 g/mol. The van der Waals surface area contributed by atoms with Crippen LogP contribution in [0.3, 0.4) is 0 Å². The summed E-state index contributed by atoms with van der Waals surface area (Å²) in [6, 6.07) is 2.16. The van der Waals surface area contributed by atoms with Crippen molar-refractivity contribution in [1.82, 2.24) is 0 Å². The van der Waals surface area contributed by atoms with E-state index in [0.29, 0.717) is 0 Å². The Kier molecular flexibility index (Phi) is 3.21. The molecule has 0 unspecified atom stereocenters. The van der Waals surface area contributed by atoms with Crippen molar-refractivity contribution in [2.45, 2.75) is 21.1 Å². The average Bonchev–Trinajstić information content (AvgIpc) is 2.73. The van der Waals surface area contributed by atoms with Gasteiger partial charge in [0.1, 0.15) is 0 Å². The van der Waals surface area contributed by atoms with E-state index in [4.69, 9.17) is 9.47 Å². The first kappa shape index (κ1) is 10.9. The van der Waals surface area contributed by atoms with E-state index in [9.17, 15) is 0 Å². The van der Waals surface area contributed by atoms with Crippen molar-refractivity contribution in [2.24, 2.45) is 0 Å². The van der Waals surface area contributed by atoms with Gasteiger partial charge in [0, 0.05) is 0 Å². The van der Waals surface area contributed by atoms with Gasteiger partial charge in [0.05, 0.1) is 0 Å². The Balaban J connectivity index is 2.29. The van der Waals surface area contributed by atoms with E-state index in [1.807, 2.05) is 11.3 Å². The van der Waals surface area contributed by atoms with E-state index in [1.165, 1.54) is 5.56 Å². The van der Waals surface area contributed by atoms with Crippen LogP contribution in [0.15, 0.2) is 11.4 Å². The van der Waals surface area contributed by atoms with Crippen LogP contribution in [-0.2, 0) is 9.47 Å². The van der Waals surface area contributed by atoms with Crippen LogP contribution in [0.25, 0.3) is 0 Å². The monoisotopic (exact) mass is 320 g/mol. The molecule has 1 aliphatic rings. The Hall–Kier alpha value is 0.419. The third kappa shape index (κ3) is 2.15. The van der Waals surface area contributed by atoms with Crippen molar-refractivity contribution >= 4 is 32.6 Å². The molecule has 0 aromatic carbocycles. The molecule has 1 aromatic heterocycles. The van der Waals surface area contributed by atoms with Gasteiger partial charge >= 0.3 is 93.4 Å². The molecule has 4 heteroatoms. The van der Waals surface area contributed by atoms with Gasteiger partial charge in [-0.15, -0.1) is 0 Å². The normalized spacial score (nSPS) is 19.1. The molecule has 0 aliphatic carbocycles. The summed E-state index contributed by atoms with van der Waals surface area (Å²) in [5.74, 6) is 0. The minimum atomic E-state index is -1.96. The molecule has 0 N–H and O–H groups in total. The summed E-state index contributed by atoms with van der Waals surface area (Å²) in [5.41, 5.74) is 1.30. The van der Waals surface area contributed by atoms with Crippen LogP contribution in [0.1, 0.15) is 11.9 Å². The molecule has 0 saturated carbocycles. The summed E-state index contributed by atoms with van der Waals surface area (Å²) in [5, 5.41) is 2.16. The zero-order chi connectivity index (χ0) is 10.2. The second kappa shape index (κ2) is 4.12. The van der Waals surface area contributed by atoms with Gasteiger partial charge in [-0.2, -0.15) is 0 Å². The first-order chi connectivity index (χ1) is 6.59. The Morgan fingerprint density at radius 1 is 1.29 bits per heavy atom. The van der Waals surface area contributed by atoms with Crippen LogP contribution in [-0.4, -0.2) is 31.6 Å². The van der Waals surface area contributed by atoms with E-state index < -0.39 is 18.4 Å². The number of hydrogen-bond acceptors (Lipinski definition) is 3. The van der Waals surface area contributed by atoms with Crippen LogP contribution in [0, 0.1) is 0 Å². The van der Waals surface area contributed by atoms with Crippen molar-refractivity contribution in [1.29, 1.82) is 0 Å². The van der Waals surface area contributed by atoms with Crippen LogP contribution in [0.4, 0.5) is 0 Å². The second-order valence-electron chi connectivity index (χ2n) is 4.53. The second-order valence-corrected chi connectivity index (χ2v) is 20.7. The fraction of sp³-hybridized carbons (Fsp3) is 0.600. The SMILES string of the molecule is [CH3][Sn]([CH3])([CH3])[c]1sccc1C1OCCO1. The molecule has 0 amide bonds. The van der Waals surface area contributed by atoms with E-state index in [1.54, 1.807) is 2.89 Å². The van der Waals surface area contributed by atoms with Crippen molar-refractivity contribution < 1.29 is 9.47 Å². The summed E-state index contributed by atoms with van der Waals surface area (Å²) in [7, 11) is 0. The van der Waals surface area contributed by atoms with E-state index in [2.05, 4.69) is 26.3 Å². The van der Waals surface area contributed by atoms with Gasteiger partial charge in [0.2, 0.25) is 0 Å². The van der Waals surface area contributed by atoms with Crippen molar-refractivity contribution in [3.05, 3.63) is 17.0 Å². The van der Waals surface area contributed by atoms with Gasteiger partial charge in [-0.3, -0.25) is 0 Å². The van der Waals surface area contributed by atoms with Crippen LogP contribution < -0.4 is 2.89 Å². The molecule has 1 aromatic rings. The third-order valence-electron chi connectivity index (χ3n) is 2.25. The molecular formula is C10H16O2SSn. The molecule has 14 heavy (non-hydrogen) atoms. The fourth-order valence-corrected chi connectivity index (χ4v) is 9.31. The zero-order valence-electron chi connectivity index (χ0n) is 8.87. The number of hydrogen-bond donors (Lipinski definition) is 0. The molecule has 0 atom stereocenters. The molecule has 2 heterocycles. The standard InChI is InChI=1S/C7H7O2S.3CH3.Sn/c1-4-10-5-6(1)7-8-2-3-9-7;;;;/h1,4,7H,2-3H2;3*1H3;. The summed E-state index contributed by atoms with van der Waals surface area (Å²) in [6.45, 7) is 1.47. The van der Waals surface area contributed by atoms with Crippen molar-refractivity contribution in [3.8, 4) is 0 Å². The Bertz CT molecular complexity index is 310. The summed E-state index contributed by atoms with van der Waals surface area (Å²) < 4.78 is 12.7. The van der Waals surface area contributed by atoms with Gasteiger partial charge in [-0.25, -0.2) is 0 Å². The molecule has 78 valence electrons. The van der Waals surface area contributed by atoms with Gasteiger partial charge in [0.15, 0.2) is 0 Å². The number of thiophene rings is 1. The molecule has 1 fully saturated rings. The predicted molar refractivity (Wildman–Crippen MR) is 61.9 cm³/mol. The van der Waals surface area contributed by atoms with Gasteiger partial charge < -0.3 is 0 Å². The molecule has 2 nitrogen and oxygen atoms in total. The Morgan fingerprint density at radius 2 is 1.93 bits per heavy atom. The maximum absolute atomic E-state index is 5.55. The molecule has 1 saturated heterocycles. The Morgan fingerprint density at radius 3 is 2.50 bits per heavy atom. The van der Waals surface area contributed by atoms with E-state index in [0.717, 1.165) is 13.2 Å². The minimum absolute atomic E-state index is 0.0767. The van der Waals surface area contributed by atoms with Gasteiger partial charge in [-0.05, 0) is 0 Å². The summed E-state index contributed by atoms with van der Waals surface area (Å²) in [6.07, 6.45) is -0.0767. The summed E-state index contributed by atoms with van der Waals surface area (Å²) >= 11 is -0.0820. The molecule has 0 radical (unpaired) electrons. The topological polar surface area (TPSA) is 18.5 Å². The van der Waals surface area contributed by atoms with Crippen LogP contribution in [0.2, 0.25) is 14.8 Å². The third-order valence-corrected chi connectivity index (χ3v) is 12.8. The Labute approximate surface area is 93.1 Å². The predicted octanol–water partition coefficient (Wildman–Crippen LogP) is 2.34. The van der Waals surface area contributed by atoms with Gasteiger partial charge in [-0.1, -0.05) is 0 Å². The summed E-state index contributed by atoms with van der Waals surface area (Å²) in [4.78, 5) is 7.29. The van der Waals surface area contributed by atoms with Crippen molar-refractivity contribution in [2.75, 3.05) is 13.2 Å². The first-order valence-electron chi connectivity index (χ1n) is 4.90. The molecular weight excluding hydrogens is 303 g/mol. The molecule has 0 bridgehead atoms. The fourth-order valence-electron chi connectivity index (χ4n) is 1.65. The van der Waals surface area contributed by atoms with Crippen LogP contribution in [0.5, 0.6) is 0 Å². The number of rotatable bonds is 2. The maximum atomic E-state index is 5.55. The van der Waals surface area contributed by atoms with E-state index in [-0.39, 0.29) is 6.29 Å². The van der Waals surface area contributed by atoms with Gasteiger partial charge in [0.25, 0.3) is 0 Å². The van der Waals surface area contributed by atoms with Crippen molar-refractivity contribution in [3.63, 3.8) is 0 Å². The van der Waals surface area contributed by atoms with Crippen LogP contribution >= 0.6 is 11.3 Å². The molecule has 2 rings (SSSR count). The number of ether oxygens (including phenoxy) is 2. The van der Waals surface area contributed by atoms with E-state index >= 15 is 0 Å².